The van der Waals surface area contributed by atoms with Gasteiger partial charge in [-0.2, -0.15) is 0 Å². The van der Waals surface area contributed by atoms with E-state index in [1.54, 1.807) is 0 Å². The molecule has 2 rings (SSSR count). The summed E-state index contributed by atoms with van der Waals surface area (Å²) in [5.41, 5.74) is 0.529. The van der Waals surface area contributed by atoms with Gasteiger partial charge in [0, 0.05) is 15.6 Å². The van der Waals surface area contributed by atoms with Crippen LogP contribution in [-0.2, 0) is 4.79 Å². The molecule has 0 saturated carbocycles. The van der Waals surface area contributed by atoms with Crippen LogP contribution in [0.5, 0.6) is 0 Å². The maximum Gasteiger partial charge on any atom is 0.315 e. The van der Waals surface area contributed by atoms with E-state index in [9.17, 15) is 9.59 Å². The van der Waals surface area contributed by atoms with Gasteiger partial charge in [-0.1, -0.05) is 59.7 Å². The summed E-state index contributed by atoms with van der Waals surface area (Å²) in [4.78, 5) is 25.0. The topological polar surface area (TPSA) is 96.0 Å². The number of halogens is 1. The normalized spacial score (nSPS) is 13.5. The highest BCUT2D eigenvalue weighted by Gasteiger charge is 2.28. The van der Waals surface area contributed by atoms with Crippen molar-refractivity contribution in [1.82, 2.24) is 20.8 Å². The number of amides is 3. The van der Waals surface area contributed by atoms with Gasteiger partial charge in [0.1, 0.15) is 11.0 Å². The van der Waals surface area contributed by atoms with Crippen LogP contribution in [0.2, 0.25) is 0 Å². The number of anilines is 1. The number of nitrogens with zero attached hydrogens (tertiary/aromatic N) is 2. The highest BCUT2D eigenvalue weighted by molar-refractivity contribution is 9.10. The molecule has 2 atom stereocenters. The minimum atomic E-state index is -0.674. The second-order valence-electron chi connectivity index (χ2n) is 7.62. The van der Waals surface area contributed by atoms with Crippen molar-refractivity contribution in [1.29, 1.82) is 0 Å². The standard InChI is InChI=1S/C19H26BrN5O2S/c1-6-11(2)14(21-17(27)23-19(3,4)5)15(26)22-18-25-24-16(28-18)12-7-9-13(20)10-8-12/h7-11,14H,6H2,1-5H3,(H2,21,23,27)(H,22,25,26). The first-order chi connectivity index (χ1) is 13.1. The summed E-state index contributed by atoms with van der Waals surface area (Å²) >= 11 is 4.69. The quantitative estimate of drug-likeness (QED) is 0.585. The summed E-state index contributed by atoms with van der Waals surface area (Å²) in [7, 11) is 0. The average Bonchev–Trinajstić information content (AvgIpc) is 3.06. The van der Waals surface area contributed by atoms with Crippen LogP contribution >= 0.6 is 27.3 Å². The molecule has 7 nitrogen and oxygen atoms in total. The molecule has 152 valence electrons. The Morgan fingerprint density at radius 3 is 2.39 bits per heavy atom. The van der Waals surface area contributed by atoms with Gasteiger partial charge < -0.3 is 10.6 Å². The number of carbonyl (C=O) groups excluding carboxylic acids is 2. The van der Waals surface area contributed by atoms with E-state index in [-0.39, 0.29) is 23.4 Å². The lowest BCUT2D eigenvalue weighted by Gasteiger charge is -2.26. The third-order valence-corrected chi connectivity index (χ3v) is 5.43. The van der Waals surface area contributed by atoms with E-state index in [2.05, 4.69) is 42.1 Å². The van der Waals surface area contributed by atoms with Crippen molar-refractivity contribution in [2.24, 2.45) is 5.92 Å². The average molecular weight is 468 g/mol. The van der Waals surface area contributed by atoms with Gasteiger partial charge in [0.15, 0.2) is 0 Å². The maximum absolute atomic E-state index is 12.8. The number of aromatic nitrogens is 2. The number of hydrogen-bond acceptors (Lipinski definition) is 5. The van der Waals surface area contributed by atoms with E-state index in [1.165, 1.54) is 11.3 Å². The minimum absolute atomic E-state index is 0.0374. The summed E-state index contributed by atoms with van der Waals surface area (Å²) in [6, 6.07) is 6.65. The molecule has 0 spiro atoms. The van der Waals surface area contributed by atoms with E-state index in [0.29, 0.717) is 10.1 Å². The van der Waals surface area contributed by atoms with Crippen LogP contribution in [0.3, 0.4) is 0 Å². The Morgan fingerprint density at radius 2 is 1.82 bits per heavy atom. The molecular formula is C19H26BrN5O2S. The Hall–Kier alpha value is -2.00. The molecule has 0 bridgehead atoms. The third kappa shape index (κ3) is 6.56. The van der Waals surface area contributed by atoms with Gasteiger partial charge in [-0.25, -0.2) is 4.79 Å². The molecule has 0 aliphatic carbocycles. The third-order valence-electron chi connectivity index (χ3n) is 4.02. The zero-order valence-corrected chi connectivity index (χ0v) is 19.1. The van der Waals surface area contributed by atoms with Crippen molar-refractivity contribution >= 4 is 44.3 Å². The van der Waals surface area contributed by atoms with Gasteiger partial charge in [0.05, 0.1) is 0 Å². The minimum Gasteiger partial charge on any atom is -0.334 e. The fourth-order valence-electron chi connectivity index (χ4n) is 2.39. The van der Waals surface area contributed by atoms with Crippen molar-refractivity contribution in [3.05, 3.63) is 28.7 Å². The maximum atomic E-state index is 12.8. The predicted molar refractivity (Wildman–Crippen MR) is 116 cm³/mol. The Kier molecular flexibility index (Phi) is 7.54. The molecule has 2 unspecified atom stereocenters. The number of benzene rings is 1. The Morgan fingerprint density at radius 1 is 1.18 bits per heavy atom. The second kappa shape index (κ2) is 9.47. The fraction of sp³-hybridized carbons (Fsp3) is 0.474. The molecule has 1 aromatic heterocycles. The van der Waals surface area contributed by atoms with Crippen molar-refractivity contribution < 1.29 is 9.59 Å². The highest BCUT2D eigenvalue weighted by atomic mass is 79.9. The van der Waals surface area contributed by atoms with Crippen LogP contribution in [0.1, 0.15) is 41.0 Å². The van der Waals surface area contributed by atoms with Crippen molar-refractivity contribution in [3.8, 4) is 10.6 Å². The fourth-order valence-corrected chi connectivity index (χ4v) is 3.40. The SMILES string of the molecule is CCC(C)C(NC(=O)NC(C)(C)C)C(=O)Nc1nnc(-c2ccc(Br)cc2)s1. The van der Waals surface area contributed by atoms with Gasteiger partial charge >= 0.3 is 6.03 Å². The van der Waals surface area contributed by atoms with E-state index < -0.39 is 6.04 Å². The number of rotatable bonds is 6. The highest BCUT2D eigenvalue weighted by Crippen LogP contribution is 2.27. The van der Waals surface area contributed by atoms with Gasteiger partial charge in [-0.15, -0.1) is 10.2 Å². The molecule has 0 aliphatic rings. The zero-order chi connectivity index (χ0) is 20.9. The number of carbonyl (C=O) groups is 2. The lowest BCUT2D eigenvalue weighted by Crippen LogP contribution is -2.54. The Balaban J connectivity index is 2.08. The number of nitrogens with one attached hydrogen (secondary N) is 3. The van der Waals surface area contributed by atoms with Gasteiger partial charge in [-0.05, 0) is 38.8 Å². The first-order valence-corrected chi connectivity index (χ1v) is 10.7. The summed E-state index contributed by atoms with van der Waals surface area (Å²) < 4.78 is 0.977. The predicted octanol–water partition coefficient (Wildman–Crippen LogP) is 4.42. The molecule has 0 aliphatic heterocycles. The molecule has 2 aromatic rings. The van der Waals surface area contributed by atoms with Gasteiger partial charge in [0.2, 0.25) is 11.0 Å². The van der Waals surface area contributed by atoms with Crippen LogP contribution in [0.25, 0.3) is 10.6 Å². The number of hydrogen-bond donors (Lipinski definition) is 3. The van der Waals surface area contributed by atoms with Crippen LogP contribution in [0.15, 0.2) is 28.7 Å². The summed E-state index contributed by atoms with van der Waals surface area (Å²) in [5, 5.41) is 17.7. The van der Waals surface area contributed by atoms with E-state index in [4.69, 9.17) is 0 Å². The Bertz CT molecular complexity index is 816. The summed E-state index contributed by atoms with van der Waals surface area (Å²) in [6.45, 7) is 9.56. The van der Waals surface area contributed by atoms with Crippen LogP contribution in [0.4, 0.5) is 9.93 Å². The molecule has 3 amide bonds. The van der Waals surface area contributed by atoms with Crippen LogP contribution in [0, 0.1) is 5.92 Å². The molecule has 28 heavy (non-hydrogen) atoms. The van der Waals surface area contributed by atoms with Gasteiger partial charge in [-0.3, -0.25) is 10.1 Å². The second-order valence-corrected chi connectivity index (χ2v) is 9.51. The summed E-state index contributed by atoms with van der Waals surface area (Å²) in [5.74, 6) is -0.346. The van der Waals surface area contributed by atoms with Gasteiger partial charge in [0.25, 0.3) is 0 Å². The number of urea groups is 1. The van der Waals surface area contributed by atoms with E-state index >= 15 is 0 Å². The molecule has 0 saturated heterocycles. The first-order valence-electron chi connectivity index (χ1n) is 9.08. The molecule has 0 fully saturated rings. The monoisotopic (exact) mass is 467 g/mol. The zero-order valence-electron chi connectivity index (χ0n) is 16.7. The smallest absolute Gasteiger partial charge is 0.315 e. The lowest BCUT2D eigenvalue weighted by molar-refractivity contribution is -0.119. The van der Waals surface area contributed by atoms with Crippen LogP contribution < -0.4 is 16.0 Å². The molecule has 1 heterocycles. The molecule has 9 heteroatoms. The van der Waals surface area contributed by atoms with E-state index in [1.807, 2.05) is 58.9 Å². The first kappa shape index (κ1) is 22.3. The molecular weight excluding hydrogens is 442 g/mol. The van der Waals surface area contributed by atoms with Crippen LogP contribution in [-0.4, -0.2) is 33.7 Å². The summed E-state index contributed by atoms with van der Waals surface area (Å²) in [6.07, 6.45) is 0.744. The molecule has 3 N–H and O–H groups in total. The molecule has 0 radical (unpaired) electrons. The van der Waals surface area contributed by atoms with E-state index in [0.717, 1.165) is 16.5 Å². The largest absolute Gasteiger partial charge is 0.334 e. The van der Waals surface area contributed by atoms with Crippen molar-refractivity contribution in [2.45, 2.75) is 52.6 Å². The Labute approximate surface area is 177 Å². The van der Waals surface area contributed by atoms with Crippen molar-refractivity contribution in [3.63, 3.8) is 0 Å². The van der Waals surface area contributed by atoms with Crippen molar-refractivity contribution in [2.75, 3.05) is 5.32 Å². The lowest BCUT2D eigenvalue weighted by atomic mass is 9.98. The molecule has 1 aromatic carbocycles.